The van der Waals surface area contributed by atoms with Crippen LogP contribution in [0.5, 0.6) is 0 Å². The number of amides is 1. The Morgan fingerprint density at radius 2 is 1.88 bits per heavy atom. The van der Waals surface area contributed by atoms with Crippen molar-refractivity contribution < 1.29 is 9.59 Å². The fourth-order valence-electron chi connectivity index (χ4n) is 2.83. The number of hydrogen-bond donors (Lipinski definition) is 2. The lowest BCUT2D eigenvalue weighted by atomic mass is 10.1. The molecule has 0 aliphatic heterocycles. The third-order valence-corrected chi connectivity index (χ3v) is 4.93. The Bertz CT molecular complexity index is 1030. The van der Waals surface area contributed by atoms with E-state index in [4.69, 9.17) is 28.9 Å². The number of aromatic nitrogens is 2. The summed E-state index contributed by atoms with van der Waals surface area (Å²) >= 11 is 12.6. The van der Waals surface area contributed by atoms with E-state index in [0.717, 1.165) is 12.8 Å². The summed E-state index contributed by atoms with van der Waals surface area (Å²) in [4.78, 5) is 28.9. The molecule has 1 aliphatic rings. The maximum Gasteiger partial charge on any atom is 0.265 e. The minimum atomic E-state index is -0.388. The average molecular weight is 389 g/mol. The lowest BCUT2D eigenvalue weighted by molar-refractivity contribution is -0.117. The minimum absolute atomic E-state index is 0.0548. The summed E-state index contributed by atoms with van der Waals surface area (Å²) in [5, 5.41) is 3.77. The third-order valence-electron chi connectivity index (χ3n) is 4.34. The number of carbonyl (C=O) groups is 2. The van der Waals surface area contributed by atoms with Gasteiger partial charge in [-0.05, 0) is 37.1 Å². The molecular weight excluding hydrogens is 375 g/mol. The van der Waals surface area contributed by atoms with E-state index in [1.807, 2.05) is 0 Å². The van der Waals surface area contributed by atoms with Crippen molar-refractivity contribution >= 4 is 57.4 Å². The van der Waals surface area contributed by atoms with Crippen LogP contribution >= 0.6 is 23.2 Å². The van der Waals surface area contributed by atoms with Crippen LogP contribution in [0, 0.1) is 5.92 Å². The number of nitrogens with one attached hydrogen (secondary N) is 1. The number of nitrogens with zero attached hydrogens (tertiary/aromatic N) is 2. The van der Waals surface area contributed by atoms with Gasteiger partial charge in [-0.3, -0.25) is 14.2 Å². The first-order chi connectivity index (χ1) is 12.5. The standard InChI is InChI=1S/C18H14Cl2N4O2/c19-12-7-10(23-17(25)9-1-2-9)8-13(20)15(12)18(26)24-6-4-11-14(24)3-5-22-16(11)21/h3-9H,1-2H2,(H2,21,22)(H,23,25). The molecule has 2 heterocycles. The van der Waals surface area contributed by atoms with E-state index in [2.05, 4.69) is 10.3 Å². The summed E-state index contributed by atoms with van der Waals surface area (Å²) < 4.78 is 1.42. The molecule has 0 radical (unpaired) electrons. The second-order valence-corrected chi connectivity index (χ2v) is 7.01. The molecule has 0 saturated heterocycles. The van der Waals surface area contributed by atoms with Crippen LogP contribution in [-0.2, 0) is 4.79 Å². The molecule has 0 spiro atoms. The number of halogens is 2. The van der Waals surface area contributed by atoms with E-state index in [1.54, 1.807) is 18.3 Å². The van der Waals surface area contributed by atoms with Gasteiger partial charge in [-0.1, -0.05) is 23.2 Å². The quantitative estimate of drug-likeness (QED) is 0.710. The number of benzene rings is 1. The molecule has 1 saturated carbocycles. The van der Waals surface area contributed by atoms with Gasteiger partial charge in [0.25, 0.3) is 5.91 Å². The number of hydrogen-bond acceptors (Lipinski definition) is 4. The van der Waals surface area contributed by atoms with Crippen molar-refractivity contribution in [3.8, 4) is 0 Å². The normalized spacial score (nSPS) is 13.8. The van der Waals surface area contributed by atoms with Crippen molar-refractivity contribution in [3.63, 3.8) is 0 Å². The summed E-state index contributed by atoms with van der Waals surface area (Å²) in [5.41, 5.74) is 7.08. The Kier molecular flexibility index (Phi) is 4.09. The first-order valence-electron chi connectivity index (χ1n) is 8.02. The van der Waals surface area contributed by atoms with Gasteiger partial charge in [-0.15, -0.1) is 0 Å². The number of pyridine rings is 1. The summed E-state index contributed by atoms with van der Waals surface area (Å²) in [6.07, 6.45) is 4.91. The fourth-order valence-corrected chi connectivity index (χ4v) is 3.47. The second-order valence-electron chi connectivity index (χ2n) is 6.20. The molecule has 1 aliphatic carbocycles. The van der Waals surface area contributed by atoms with Gasteiger partial charge in [-0.2, -0.15) is 0 Å². The number of nitrogen functional groups attached to an aromatic ring is 1. The zero-order chi connectivity index (χ0) is 18.4. The van der Waals surface area contributed by atoms with Gasteiger partial charge < -0.3 is 11.1 Å². The zero-order valence-corrected chi connectivity index (χ0v) is 15.0. The van der Waals surface area contributed by atoms with Crippen molar-refractivity contribution in [1.82, 2.24) is 9.55 Å². The van der Waals surface area contributed by atoms with Gasteiger partial charge in [0, 0.05) is 29.4 Å². The van der Waals surface area contributed by atoms with E-state index in [9.17, 15) is 9.59 Å². The van der Waals surface area contributed by atoms with Crippen LogP contribution in [0.3, 0.4) is 0 Å². The first kappa shape index (κ1) is 16.9. The predicted molar refractivity (Wildman–Crippen MR) is 102 cm³/mol. The molecule has 8 heteroatoms. The Morgan fingerprint density at radius 1 is 1.19 bits per heavy atom. The molecule has 0 unspecified atom stereocenters. The maximum atomic E-state index is 13.0. The number of rotatable bonds is 3. The van der Waals surface area contributed by atoms with Crippen LogP contribution < -0.4 is 11.1 Å². The monoisotopic (exact) mass is 388 g/mol. The molecule has 132 valence electrons. The van der Waals surface area contributed by atoms with Crippen molar-refractivity contribution in [1.29, 1.82) is 0 Å². The molecule has 3 N–H and O–H groups in total. The lowest BCUT2D eigenvalue weighted by Crippen LogP contribution is -2.15. The highest BCUT2D eigenvalue weighted by Crippen LogP contribution is 2.34. The smallest absolute Gasteiger partial charge is 0.265 e. The highest BCUT2D eigenvalue weighted by atomic mass is 35.5. The Balaban J connectivity index is 1.71. The molecule has 0 bridgehead atoms. The van der Waals surface area contributed by atoms with Crippen LogP contribution in [0.15, 0.2) is 36.7 Å². The zero-order valence-electron chi connectivity index (χ0n) is 13.5. The van der Waals surface area contributed by atoms with Crippen LogP contribution in [0.2, 0.25) is 10.0 Å². The Hall–Kier alpha value is -2.57. The Labute approximate surface area is 158 Å². The SMILES string of the molecule is Nc1nccc2c1ccn2C(=O)c1c(Cl)cc(NC(=O)C2CC2)cc1Cl. The van der Waals surface area contributed by atoms with Crippen LogP contribution in [0.1, 0.15) is 23.2 Å². The van der Waals surface area contributed by atoms with E-state index in [-0.39, 0.29) is 33.3 Å². The third kappa shape index (κ3) is 2.91. The Morgan fingerprint density at radius 3 is 2.54 bits per heavy atom. The predicted octanol–water partition coefficient (Wildman–Crippen LogP) is 3.96. The molecule has 2 aromatic heterocycles. The highest BCUT2D eigenvalue weighted by molar-refractivity contribution is 6.40. The maximum absolute atomic E-state index is 13.0. The van der Waals surface area contributed by atoms with Crippen LogP contribution in [0.4, 0.5) is 11.5 Å². The highest BCUT2D eigenvalue weighted by Gasteiger charge is 2.30. The molecule has 1 amide bonds. The van der Waals surface area contributed by atoms with Gasteiger partial charge in [-0.25, -0.2) is 4.98 Å². The first-order valence-corrected chi connectivity index (χ1v) is 8.77. The van der Waals surface area contributed by atoms with Crippen LogP contribution in [0.25, 0.3) is 10.9 Å². The van der Waals surface area contributed by atoms with E-state index in [0.29, 0.717) is 22.4 Å². The molecule has 6 nitrogen and oxygen atoms in total. The number of anilines is 2. The topological polar surface area (TPSA) is 90.0 Å². The second kappa shape index (κ2) is 6.30. The van der Waals surface area contributed by atoms with Crippen molar-refractivity contribution in [2.45, 2.75) is 12.8 Å². The lowest BCUT2D eigenvalue weighted by Gasteiger charge is -2.11. The minimum Gasteiger partial charge on any atom is -0.383 e. The van der Waals surface area contributed by atoms with Crippen molar-refractivity contribution in [3.05, 3.63) is 52.3 Å². The summed E-state index contributed by atoms with van der Waals surface area (Å²) in [5.74, 6) is -0.0557. The number of fused-ring (bicyclic) bond motifs is 1. The summed E-state index contributed by atoms with van der Waals surface area (Å²) in [7, 11) is 0. The van der Waals surface area contributed by atoms with Crippen LogP contribution in [-0.4, -0.2) is 21.4 Å². The molecule has 3 aromatic rings. The molecule has 1 aromatic carbocycles. The molecule has 4 rings (SSSR count). The molecule has 1 fully saturated rings. The fraction of sp³-hybridized carbons (Fsp3) is 0.167. The largest absolute Gasteiger partial charge is 0.383 e. The van der Waals surface area contributed by atoms with E-state index in [1.165, 1.54) is 22.9 Å². The van der Waals surface area contributed by atoms with Gasteiger partial charge >= 0.3 is 0 Å². The molecular formula is C18H14Cl2N4O2. The van der Waals surface area contributed by atoms with E-state index >= 15 is 0 Å². The van der Waals surface area contributed by atoms with Gasteiger partial charge in [0.2, 0.25) is 5.91 Å². The van der Waals surface area contributed by atoms with E-state index < -0.39 is 0 Å². The van der Waals surface area contributed by atoms with Gasteiger partial charge in [0.1, 0.15) is 5.82 Å². The average Bonchev–Trinajstić information content (AvgIpc) is 3.34. The summed E-state index contributed by atoms with van der Waals surface area (Å²) in [6.45, 7) is 0. The van der Waals surface area contributed by atoms with Crippen molar-refractivity contribution in [2.75, 3.05) is 11.1 Å². The van der Waals surface area contributed by atoms with Gasteiger partial charge in [0.15, 0.2) is 0 Å². The molecule has 0 atom stereocenters. The summed E-state index contributed by atoms with van der Waals surface area (Å²) in [6, 6.07) is 6.46. The number of nitrogens with two attached hydrogens (primary N) is 1. The van der Waals surface area contributed by atoms with Crippen molar-refractivity contribution in [2.24, 2.45) is 5.92 Å². The molecule has 26 heavy (non-hydrogen) atoms. The number of carbonyl (C=O) groups excluding carboxylic acids is 2. The van der Waals surface area contributed by atoms with Gasteiger partial charge in [0.05, 0.1) is 21.1 Å².